The maximum absolute atomic E-state index is 6.59. The second-order valence-corrected chi connectivity index (χ2v) is 23.3. The van der Waals surface area contributed by atoms with E-state index < -0.39 is 8.32 Å². The first-order valence-electron chi connectivity index (χ1n) is 22.5. The van der Waals surface area contributed by atoms with Gasteiger partial charge in [-0.25, -0.2) is 0 Å². The Labute approximate surface area is 381 Å². The van der Waals surface area contributed by atoms with Gasteiger partial charge in [0.2, 0.25) is 8.32 Å². The molecule has 0 unspecified atom stereocenters. The minimum atomic E-state index is -1.93. The molecule has 0 atom stereocenters. The molecule has 4 nitrogen and oxygen atoms in total. The zero-order chi connectivity index (χ0) is 44.3. The third kappa shape index (κ3) is 7.28. The lowest BCUT2D eigenvalue weighted by atomic mass is 10.0. The molecule has 316 valence electrons. The van der Waals surface area contributed by atoms with Crippen molar-refractivity contribution in [3.8, 4) is 44.8 Å². The summed E-state index contributed by atoms with van der Waals surface area (Å²) in [5.74, 6) is 0.936. The van der Waals surface area contributed by atoms with E-state index in [9.17, 15) is 0 Å². The average molecular weight is 859 g/mol. The van der Waals surface area contributed by atoms with Gasteiger partial charge >= 0.3 is 0 Å². The molecule has 65 heavy (non-hydrogen) atoms. The molecule has 0 aliphatic carbocycles. The Balaban J connectivity index is 0.923. The molecule has 11 rings (SSSR count). The summed E-state index contributed by atoms with van der Waals surface area (Å²) in [5, 5.41) is 4.93. The highest BCUT2D eigenvalue weighted by molar-refractivity contribution is 6.74. The zero-order valence-corrected chi connectivity index (χ0v) is 38.4. The van der Waals surface area contributed by atoms with Gasteiger partial charge in [0.25, 0.3) is 0 Å². The van der Waals surface area contributed by atoms with E-state index in [-0.39, 0.29) is 5.04 Å². The van der Waals surface area contributed by atoms with Crippen LogP contribution in [0.1, 0.15) is 20.8 Å². The lowest BCUT2D eigenvalue weighted by Crippen LogP contribution is -2.43. The van der Waals surface area contributed by atoms with E-state index in [0.717, 1.165) is 78.3 Å². The topological polar surface area (TPSA) is 30.5 Å². The fourth-order valence-corrected chi connectivity index (χ4v) is 10.0. The van der Waals surface area contributed by atoms with Crippen molar-refractivity contribution in [3.63, 3.8) is 0 Å². The third-order valence-electron chi connectivity index (χ3n) is 13.5. The van der Waals surface area contributed by atoms with Gasteiger partial charge in [0.15, 0.2) is 0 Å². The van der Waals surface area contributed by atoms with Crippen LogP contribution in [0.25, 0.3) is 82.8 Å². The number of hydrogen-bond acceptors (Lipinski definition) is 3. The van der Waals surface area contributed by atoms with Gasteiger partial charge in [0.05, 0.1) is 11.0 Å². The Morgan fingerprint density at radius 3 is 1.38 bits per heavy atom. The van der Waals surface area contributed by atoms with Gasteiger partial charge in [-0.15, -0.1) is 0 Å². The molecule has 0 bridgehead atoms. The number of hydrogen-bond donors (Lipinski definition) is 0. The molecule has 0 radical (unpaired) electrons. The molecular formula is C60H50N2O2Si. The molecule has 0 aliphatic rings. The van der Waals surface area contributed by atoms with E-state index in [2.05, 4.69) is 244 Å². The average Bonchev–Trinajstić information content (AvgIpc) is 3.89. The summed E-state index contributed by atoms with van der Waals surface area (Å²) < 4.78 is 15.4. The van der Waals surface area contributed by atoms with Crippen LogP contribution in [-0.2, 0) is 0 Å². The lowest BCUT2D eigenvalue weighted by Gasteiger charge is -2.36. The van der Waals surface area contributed by atoms with E-state index in [1.54, 1.807) is 0 Å². The van der Waals surface area contributed by atoms with Crippen LogP contribution in [0.4, 0.5) is 17.1 Å². The second kappa shape index (κ2) is 15.9. The van der Waals surface area contributed by atoms with Gasteiger partial charge < -0.3 is 18.3 Å². The van der Waals surface area contributed by atoms with Crippen LogP contribution in [0.3, 0.4) is 0 Å². The van der Waals surface area contributed by atoms with Gasteiger partial charge in [-0.1, -0.05) is 154 Å². The summed E-state index contributed by atoms with van der Waals surface area (Å²) in [6.45, 7) is 11.4. The molecule has 0 aliphatic heterocycles. The van der Waals surface area contributed by atoms with E-state index in [4.69, 9.17) is 8.84 Å². The molecule has 5 heteroatoms. The predicted molar refractivity (Wildman–Crippen MR) is 277 cm³/mol. The minimum Gasteiger partial charge on any atom is -0.544 e. The second-order valence-electron chi connectivity index (χ2n) is 18.6. The quantitative estimate of drug-likeness (QED) is 0.136. The number of nitrogens with zero attached hydrogens (tertiary/aromatic N) is 2. The van der Waals surface area contributed by atoms with Crippen LogP contribution < -0.4 is 9.33 Å². The van der Waals surface area contributed by atoms with Crippen molar-refractivity contribution in [3.05, 3.63) is 212 Å². The Kier molecular flexibility index (Phi) is 9.82. The summed E-state index contributed by atoms with van der Waals surface area (Å²) in [5.41, 5.74) is 15.4. The first kappa shape index (κ1) is 40.2. The SMILES string of the molecule is CC(C)(C)[Si](C)(C)Oc1ccc(-c2ccc(N(c3ccc(-c4ccc(-n5c6ccccc6c6ccccc65)cc4)cc3)c3ccc(-c4cccc5c4oc4ccccc45)cc3)cc2)cc1. The van der Waals surface area contributed by atoms with E-state index in [0.29, 0.717) is 0 Å². The van der Waals surface area contributed by atoms with Crippen LogP contribution in [0, 0.1) is 0 Å². The Bertz CT molecular complexity index is 3430. The summed E-state index contributed by atoms with van der Waals surface area (Å²) in [7, 11) is -1.93. The Hall–Kier alpha value is -7.60. The molecule has 2 heterocycles. The molecule has 0 fully saturated rings. The monoisotopic (exact) mass is 858 g/mol. The summed E-state index contributed by atoms with van der Waals surface area (Å²) in [6.07, 6.45) is 0. The van der Waals surface area contributed by atoms with Crippen molar-refractivity contribution < 1.29 is 8.84 Å². The van der Waals surface area contributed by atoms with Crippen molar-refractivity contribution in [1.29, 1.82) is 0 Å². The highest BCUT2D eigenvalue weighted by Crippen LogP contribution is 2.42. The predicted octanol–water partition coefficient (Wildman–Crippen LogP) is 17.5. The number of para-hydroxylation sites is 4. The largest absolute Gasteiger partial charge is 0.544 e. The van der Waals surface area contributed by atoms with Crippen molar-refractivity contribution >= 4 is 69.1 Å². The molecule has 11 aromatic rings. The maximum Gasteiger partial charge on any atom is 0.250 e. The van der Waals surface area contributed by atoms with Crippen LogP contribution in [-0.4, -0.2) is 12.9 Å². The zero-order valence-electron chi connectivity index (χ0n) is 37.4. The summed E-state index contributed by atoms with van der Waals surface area (Å²) >= 11 is 0. The van der Waals surface area contributed by atoms with Gasteiger partial charge in [-0.3, -0.25) is 0 Å². The fraction of sp³-hybridized carbons (Fsp3) is 0.100. The van der Waals surface area contributed by atoms with Gasteiger partial charge in [0, 0.05) is 49.9 Å². The molecule has 0 N–H and O–H groups in total. The van der Waals surface area contributed by atoms with Crippen molar-refractivity contribution in [2.45, 2.75) is 38.9 Å². The Morgan fingerprint density at radius 2 is 0.862 bits per heavy atom. The highest BCUT2D eigenvalue weighted by Gasteiger charge is 2.39. The first-order chi connectivity index (χ1) is 31.6. The fourth-order valence-electron chi connectivity index (χ4n) is 8.98. The van der Waals surface area contributed by atoms with Gasteiger partial charge in [-0.2, -0.15) is 0 Å². The molecule has 0 amide bonds. The van der Waals surface area contributed by atoms with E-state index in [1.807, 2.05) is 12.1 Å². The van der Waals surface area contributed by atoms with Crippen LogP contribution in [0.5, 0.6) is 5.75 Å². The summed E-state index contributed by atoms with van der Waals surface area (Å²) in [4.78, 5) is 2.33. The van der Waals surface area contributed by atoms with Crippen LogP contribution in [0.2, 0.25) is 18.1 Å². The normalized spacial score (nSPS) is 12.1. The molecule has 2 aromatic heterocycles. The lowest BCUT2D eigenvalue weighted by molar-refractivity contribution is 0.492. The number of benzene rings is 9. The number of furan rings is 1. The smallest absolute Gasteiger partial charge is 0.250 e. The van der Waals surface area contributed by atoms with E-state index >= 15 is 0 Å². The highest BCUT2D eigenvalue weighted by atomic mass is 28.4. The molecule has 9 aromatic carbocycles. The van der Waals surface area contributed by atoms with Gasteiger partial charge in [-0.05, 0) is 125 Å². The van der Waals surface area contributed by atoms with Crippen molar-refractivity contribution in [2.24, 2.45) is 0 Å². The maximum atomic E-state index is 6.59. The van der Waals surface area contributed by atoms with Crippen LogP contribution in [0.15, 0.2) is 217 Å². The van der Waals surface area contributed by atoms with Gasteiger partial charge in [0.1, 0.15) is 16.9 Å². The number of aromatic nitrogens is 1. The number of fused-ring (bicyclic) bond motifs is 6. The summed E-state index contributed by atoms with van der Waals surface area (Å²) in [6, 6.07) is 76.1. The number of anilines is 3. The molecule has 0 saturated carbocycles. The number of rotatable bonds is 9. The molecular weight excluding hydrogens is 809 g/mol. The first-order valence-corrected chi connectivity index (χ1v) is 25.4. The third-order valence-corrected chi connectivity index (χ3v) is 17.9. The Morgan fingerprint density at radius 1 is 0.431 bits per heavy atom. The molecule has 0 saturated heterocycles. The molecule has 0 spiro atoms. The minimum absolute atomic E-state index is 0.136. The van der Waals surface area contributed by atoms with Crippen molar-refractivity contribution in [1.82, 2.24) is 4.57 Å². The van der Waals surface area contributed by atoms with Crippen LogP contribution >= 0.6 is 0 Å². The van der Waals surface area contributed by atoms with E-state index in [1.165, 1.54) is 27.4 Å². The van der Waals surface area contributed by atoms with Crippen molar-refractivity contribution in [2.75, 3.05) is 4.90 Å². The standard InChI is InChI=1S/C60H50N2O2Si/c1-60(2,3)65(4,5)64-50-39-29-44(30-40-50)43-23-33-47(34-24-43)61(48-37-27-45(28-38-48)51-16-12-17-55-54-15-8-11-20-58(54)63-59(51)55)46-31-21-41(22-32-46)42-25-35-49(36-26-42)62-56-18-9-6-13-52(56)53-14-7-10-19-57(53)62/h6-40H,1-5H3.